The zero-order valence-electron chi connectivity index (χ0n) is 7.68. The van der Waals surface area contributed by atoms with Gasteiger partial charge in [-0.25, -0.2) is 4.39 Å². The lowest BCUT2D eigenvalue weighted by atomic mass is 10.1. The smallest absolute Gasteiger partial charge is 0.125 e. The van der Waals surface area contributed by atoms with Crippen molar-refractivity contribution in [3.05, 3.63) is 58.3 Å². The Morgan fingerprint density at radius 1 is 0.933 bits per heavy atom. The Hall–Kier alpha value is -1.05. The van der Waals surface area contributed by atoms with Crippen LogP contribution in [0.25, 0.3) is 11.1 Å². The van der Waals surface area contributed by atoms with Crippen molar-refractivity contribution in [1.82, 2.24) is 0 Å². The molecule has 0 amide bonds. The highest BCUT2D eigenvalue weighted by Gasteiger charge is 2.05. The summed E-state index contributed by atoms with van der Waals surface area (Å²) < 4.78 is 13.1. The third-order valence-corrected chi connectivity index (χ3v) is 2.60. The molecule has 0 N–H and O–H groups in total. The Morgan fingerprint density at radius 2 is 1.67 bits per heavy atom. The number of benzene rings is 2. The summed E-state index contributed by atoms with van der Waals surface area (Å²) >= 11 is 11.8. The van der Waals surface area contributed by atoms with Crippen LogP contribution in [-0.2, 0) is 0 Å². The molecule has 76 valence electrons. The van der Waals surface area contributed by atoms with Crippen LogP contribution in [0.3, 0.4) is 0 Å². The van der Waals surface area contributed by atoms with Gasteiger partial charge in [0.15, 0.2) is 0 Å². The molecule has 0 saturated heterocycles. The van der Waals surface area contributed by atoms with Gasteiger partial charge < -0.3 is 0 Å². The lowest BCUT2D eigenvalue weighted by molar-refractivity contribution is 0.628. The second kappa shape index (κ2) is 4.21. The van der Waals surface area contributed by atoms with E-state index in [0.29, 0.717) is 15.6 Å². The first-order chi connectivity index (χ1) is 7.16. The van der Waals surface area contributed by atoms with E-state index in [1.54, 1.807) is 12.1 Å². The zero-order chi connectivity index (χ0) is 10.8. The fourth-order valence-electron chi connectivity index (χ4n) is 1.40. The fourth-order valence-corrected chi connectivity index (χ4v) is 1.87. The SMILES string of the molecule is Fc1cc(Cl)cc(-c2ccccc2Cl)c1. The Morgan fingerprint density at radius 3 is 2.33 bits per heavy atom. The highest BCUT2D eigenvalue weighted by molar-refractivity contribution is 6.33. The van der Waals surface area contributed by atoms with Crippen LogP contribution in [0, 0.1) is 5.82 Å². The average Bonchev–Trinajstić information content (AvgIpc) is 2.16. The summed E-state index contributed by atoms with van der Waals surface area (Å²) in [5, 5.41) is 0.948. The summed E-state index contributed by atoms with van der Waals surface area (Å²) in [7, 11) is 0. The van der Waals surface area contributed by atoms with E-state index in [0.717, 1.165) is 5.56 Å². The lowest BCUT2D eigenvalue weighted by Gasteiger charge is -2.04. The Kier molecular flexibility index (Phi) is 2.94. The Bertz CT molecular complexity index is 474. The van der Waals surface area contributed by atoms with Crippen LogP contribution < -0.4 is 0 Å². The first kappa shape index (κ1) is 10.5. The molecule has 0 fully saturated rings. The van der Waals surface area contributed by atoms with Crippen molar-refractivity contribution in [3.8, 4) is 11.1 Å². The van der Waals surface area contributed by atoms with Crippen molar-refractivity contribution in [2.45, 2.75) is 0 Å². The number of hydrogen-bond donors (Lipinski definition) is 0. The van der Waals surface area contributed by atoms with Gasteiger partial charge in [-0.3, -0.25) is 0 Å². The van der Waals surface area contributed by atoms with Crippen molar-refractivity contribution < 1.29 is 4.39 Å². The van der Waals surface area contributed by atoms with Gasteiger partial charge in [0.1, 0.15) is 5.82 Å². The van der Waals surface area contributed by atoms with E-state index in [4.69, 9.17) is 23.2 Å². The van der Waals surface area contributed by atoms with Crippen molar-refractivity contribution >= 4 is 23.2 Å². The van der Waals surface area contributed by atoms with Gasteiger partial charge >= 0.3 is 0 Å². The Labute approximate surface area is 97.3 Å². The minimum absolute atomic E-state index is 0.364. The molecule has 2 aromatic carbocycles. The average molecular weight is 241 g/mol. The molecule has 15 heavy (non-hydrogen) atoms. The van der Waals surface area contributed by atoms with Gasteiger partial charge in [0.2, 0.25) is 0 Å². The molecule has 0 atom stereocenters. The second-order valence-corrected chi connectivity index (χ2v) is 3.98. The van der Waals surface area contributed by atoms with Crippen LogP contribution in [0.5, 0.6) is 0 Å². The first-order valence-electron chi connectivity index (χ1n) is 4.38. The third-order valence-electron chi connectivity index (χ3n) is 2.05. The molecule has 3 heteroatoms. The second-order valence-electron chi connectivity index (χ2n) is 3.14. The van der Waals surface area contributed by atoms with E-state index in [9.17, 15) is 4.39 Å². The van der Waals surface area contributed by atoms with Gasteiger partial charge in [0.05, 0.1) is 0 Å². The highest BCUT2D eigenvalue weighted by atomic mass is 35.5. The maximum absolute atomic E-state index is 13.1. The largest absolute Gasteiger partial charge is 0.207 e. The summed E-state index contributed by atoms with van der Waals surface area (Å²) in [6.45, 7) is 0. The van der Waals surface area contributed by atoms with Gasteiger partial charge in [0, 0.05) is 15.6 Å². The lowest BCUT2D eigenvalue weighted by Crippen LogP contribution is -1.82. The molecule has 0 spiro atoms. The molecule has 0 unspecified atom stereocenters. The quantitative estimate of drug-likeness (QED) is 0.672. The van der Waals surface area contributed by atoms with Crippen molar-refractivity contribution in [2.75, 3.05) is 0 Å². The molecular weight excluding hydrogens is 234 g/mol. The first-order valence-corrected chi connectivity index (χ1v) is 5.13. The van der Waals surface area contributed by atoms with Gasteiger partial charge in [-0.2, -0.15) is 0 Å². The monoisotopic (exact) mass is 240 g/mol. The molecule has 0 radical (unpaired) electrons. The molecule has 0 aliphatic heterocycles. The zero-order valence-corrected chi connectivity index (χ0v) is 9.19. The standard InChI is InChI=1S/C12H7Cl2F/c13-9-5-8(6-10(15)7-9)11-3-1-2-4-12(11)14/h1-7H. The van der Waals surface area contributed by atoms with Crippen LogP contribution in [-0.4, -0.2) is 0 Å². The van der Waals surface area contributed by atoms with Crippen LogP contribution in [0.1, 0.15) is 0 Å². The summed E-state index contributed by atoms with van der Waals surface area (Å²) in [6.07, 6.45) is 0. The number of hydrogen-bond acceptors (Lipinski definition) is 0. The van der Waals surface area contributed by atoms with Crippen LogP contribution >= 0.6 is 23.2 Å². The normalized spacial score (nSPS) is 10.3. The van der Waals surface area contributed by atoms with Crippen LogP contribution in [0.4, 0.5) is 4.39 Å². The Balaban J connectivity index is 2.59. The topological polar surface area (TPSA) is 0 Å². The summed E-state index contributed by atoms with van der Waals surface area (Å²) in [6, 6.07) is 11.6. The van der Waals surface area contributed by atoms with Crippen molar-refractivity contribution in [1.29, 1.82) is 0 Å². The van der Waals surface area contributed by atoms with Crippen LogP contribution in [0.15, 0.2) is 42.5 Å². The van der Waals surface area contributed by atoms with E-state index in [-0.39, 0.29) is 5.82 Å². The predicted molar refractivity (Wildman–Crippen MR) is 61.9 cm³/mol. The van der Waals surface area contributed by atoms with Gasteiger partial charge in [-0.05, 0) is 29.8 Å². The number of halogens is 3. The molecular formula is C12H7Cl2F. The van der Waals surface area contributed by atoms with Gasteiger partial charge in [-0.15, -0.1) is 0 Å². The molecule has 0 aromatic heterocycles. The van der Waals surface area contributed by atoms with E-state index in [2.05, 4.69) is 0 Å². The molecule has 0 saturated carbocycles. The van der Waals surface area contributed by atoms with E-state index >= 15 is 0 Å². The molecule has 0 bridgehead atoms. The minimum Gasteiger partial charge on any atom is -0.207 e. The molecule has 0 nitrogen and oxygen atoms in total. The minimum atomic E-state index is -0.364. The maximum Gasteiger partial charge on any atom is 0.125 e. The van der Waals surface area contributed by atoms with Crippen molar-refractivity contribution in [2.24, 2.45) is 0 Å². The van der Waals surface area contributed by atoms with E-state index in [1.807, 2.05) is 18.2 Å². The predicted octanol–water partition coefficient (Wildman–Crippen LogP) is 4.80. The third kappa shape index (κ3) is 2.31. The van der Waals surface area contributed by atoms with Crippen LogP contribution in [0.2, 0.25) is 10.0 Å². The van der Waals surface area contributed by atoms with Gasteiger partial charge in [0.25, 0.3) is 0 Å². The molecule has 0 heterocycles. The molecule has 2 aromatic rings. The summed E-state index contributed by atoms with van der Waals surface area (Å²) in [4.78, 5) is 0. The van der Waals surface area contributed by atoms with E-state index < -0.39 is 0 Å². The molecule has 2 rings (SSSR count). The fraction of sp³-hybridized carbons (Fsp3) is 0. The van der Waals surface area contributed by atoms with Crippen molar-refractivity contribution in [3.63, 3.8) is 0 Å². The highest BCUT2D eigenvalue weighted by Crippen LogP contribution is 2.29. The maximum atomic E-state index is 13.1. The summed E-state index contributed by atoms with van der Waals surface area (Å²) in [5.41, 5.74) is 1.46. The summed E-state index contributed by atoms with van der Waals surface area (Å²) in [5.74, 6) is -0.364. The van der Waals surface area contributed by atoms with Gasteiger partial charge in [-0.1, -0.05) is 41.4 Å². The van der Waals surface area contributed by atoms with E-state index in [1.165, 1.54) is 12.1 Å². The molecule has 0 aliphatic rings. The number of rotatable bonds is 1. The molecule has 0 aliphatic carbocycles.